The van der Waals surface area contributed by atoms with Crippen molar-refractivity contribution in [2.45, 2.75) is 38.2 Å². The van der Waals surface area contributed by atoms with Gasteiger partial charge in [-0.1, -0.05) is 36.6 Å². The fourth-order valence-corrected chi connectivity index (χ4v) is 3.74. The Balaban J connectivity index is 1.60. The van der Waals surface area contributed by atoms with Gasteiger partial charge in [0.1, 0.15) is 0 Å². The van der Waals surface area contributed by atoms with Crippen LogP contribution >= 0.6 is 11.6 Å². The van der Waals surface area contributed by atoms with Gasteiger partial charge < -0.3 is 5.11 Å². The second-order valence-electron chi connectivity index (χ2n) is 5.59. The van der Waals surface area contributed by atoms with Crippen LogP contribution in [-0.2, 0) is 6.42 Å². The van der Waals surface area contributed by atoms with Crippen LogP contribution in [0.1, 0.15) is 31.2 Å². The van der Waals surface area contributed by atoms with Gasteiger partial charge in [-0.15, -0.1) is 0 Å². The maximum absolute atomic E-state index is 10.3. The van der Waals surface area contributed by atoms with Gasteiger partial charge in [0.15, 0.2) is 0 Å². The molecule has 1 aromatic carbocycles. The van der Waals surface area contributed by atoms with E-state index in [9.17, 15) is 5.11 Å². The Bertz CT molecular complexity index is 374. The van der Waals surface area contributed by atoms with E-state index in [1.165, 1.54) is 31.2 Å². The number of hydrogen-bond acceptors (Lipinski definition) is 1. The van der Waals surface area contributed by atoms with Crippen LogP contribution in [0.2, 0.25) is 5.02 Å². The van der Waals surface area contributed by atoms with Crippen LogP contribution < -0.4 is 0 Å². The molecule has 2 fully saturated rings. The molecule has 17 heavy (non-hydrogen) atoms. The highest BCUT2D eigenvalue weighted by molar-refractivity contribution is 6.30. The zero-order valence-electron chi connectivity index (χ0n) is 9.98. The average Bonchev–Trinajstić information content (AvgIpc) is 3.06. The quantitative estimate of drug-likeness (QED) is 0.868. The SMILES string of the molecule is OC(Cc1ccc(Cl)cc1)C1C2CCCCC21. The van der Waals surface area contributed by atoms with Gasteiger partial charge in [0, 0.05) is 5.02 Å². The fraction of sp³-hybridized carbons (Fsp3) is 0.600. The molecule has 2 aliphatic rings. The minimum atomic E-state index is -0.149. The smallest absolute Gasteiger partial charge is 0.0614 e. The first-order chi connectivity index (χ1) is 8.25. The Kier molecular flexibility index (Phi) is 3.14. The molecule has 3 unspecified atom stereocenters. The van der Waals surface area contributed by atoms with E-state index in [-0.39, 0.29) is 6.10 Å². The predicted octanol–water partition coefficient (Wildman–Crippen LogP) is 3.68. The minimum Gasteiger partial charge on any atom is -0.392 e. The van der Waals surface area contributed by atoms with Crippen LogP contribution in [0.5, 0.6) is 0 Å². The number of rotatable bonds is 3. The first-order valence-electron chi connectivity index (χ1n) is 6.68. The van der Waals surface area contributed by atoms with E-state index >= 15 is 0 Å². The van der Waals surface area contributed by atoms with Crippen molar-refractivity contribution in [3.63, 3.8) is 0 Å². The van der Waals surface area contributed by atoms with Gasteiger partial charge in [0.05, 0.1) is 6.10 Å². The summed E-state index contributed by atoms with van der Waals surface area (Å²) in [5.41, 5.74) is 1.20. The zero-order chi connectivity index (χ0) is 11.8. The van der Waals surface area contributed by atoms with E-state index in [0.29, 0.717) is 5.92 Å². The van der Waals surface area contributed by atoms with Gasteiger partial charge in [-0.25, -0.2) is 0 Å². The van der Waals surface area contributed by atoms with E-state index in [1.807, 2.05) is 24.3 Å². The number of aliphatic hydroxyl groups is 1. The third kappa shape index (κ3) is 2.36. The van der Waals surface area contributed by atoms with Gasteiger partial charge in [0.2, 0.25) is 0 Å². The van der Waals surface area contributed by atoms with Crippen LogP contribution in [0.3, 0.4) is 0 Å². The number of aliphatic hydroxyl groups excluding tert-OH is 1. The highest BCUT2D eigenvalue weighted by Crippen LogP contribution is 2.57. The summed E-state index contributed by atoms with van der Waals surface area (Å²) in [6.07, 6.45) is 6.05. The van der Waals surface area contributed by atoms with E-state index in [4.69, 9.17) is 11.6 Å². The molecule has 92 valence electrons. The van der Waals surface area contributed by atoms with Crippen LogP contribution in [0, 0.1) is 17.8 Å². The standard InChI is InChI=1S/C15H19ClO/c16-11-7-5-10(6-8-11)9-14(17)15-12-3-1-2-4-13(12)15/h5-8,12-15,17H,1-4,9H2. The summed E-state index contributed by atoms with van der Waals surface area (Å²) in [5, 5.41) is 11.1. The summed E-state index contributed by atoms with van der Waals surface area (Å²) in [6, 6.07) is 7.86. The van der Waals surface area contributed by atoms with Gasteiger partial charge in [-0.2, -0.15) is 0 Å². The Morgan fingerprint density at radius 3 is 2.29 bits per heavy atom. The first kappa shape index (κ1) is 11.6. The van der Waals surface area contributed by atoms with Crippen molar-refractivity contribution in [3.8, 4) is 0 Å². The van der Waals surface area contributed by atoms with Crippen molar-refractivity contribution < 1.29 is 5.11 Å². The summed E-state index contributed by atoms with van der Waals surface area (Å²) in [5.74, 6) is 2.23. The van der Waals surface area contributed by atoms with Crippen LogP contribution in [0.15, 0.2) is 24.3 Å². The second kappa shape index (κ2) is 4.62. The molecule has 0 heterocycles. The average molecular weight is 251 g/mol. The third-order valence-electron chi connectivity index (χ3n) is 4.53. The normalized spacial score (nSPS) is 32.9. The van der Waals surface area contributed by atoms with Gasteiger partial charge in [-0.05, 0) is 54.7 Å². The number of halogens is 1. The summed E-state index contributed by atoms with van der Waals surface area (Å²) < 4.78 is 0. The van der Waals surface area contributed by atoms with Crippen molar-refractivity contribution >= 4 is 11.6 Å². The fourth-order valence-electron chi connectivity index (χ4n) is 3.62. The van der Waals surface area contributed by atoms with Gasteiger partial charge in [-0.3, -0.25) is 0 Å². The van der Waals surface area contributed by atoms with Crippen molar-refractivity contribution in [1.82, 2.24) is 0 Å². The van der Waals surface area contributed by atoms with Crippen LogP contribution in [0.4, 0.5) is 0 Å². The lowest BCUT2D eigenvalue weighted by Crippen LogP contribution is -2.15. The molecule has 0 saturated heterocycles. The summed E-state index contributed by atoms with van der Waals surface area (Å²) in [6.45, 7) is 0. The van der Waals surface area contributed by atoms with Gasteiger partial charge >= 0.3 is 0 Å². The lowest BCUT2D eigenvalue weighted by atomic mass is 10.0. The molecule has 3 atom stereocenters. The highest BCUT2D eigenvalue weighted by atomic mass is 35.5. The van der Waals surface area contributed by atoms with Crippen molar-refractivity contribution in [1.29, 1.82) is 0 Å². The Morgan fingerprint density at radius 1 is 1.12 bits per heavy atom. The van der Waals surface area contributed by atoms with Crippen molar-refractivity contribution in [2.75, 3.05) is 0 Å². The topological polar surface area (TPSA) is 20.2 Å². The molecule has 0 radical (unpaired) electrons. The molecule has 0 spiro atoms. The number of benzene rings is 1. The zero-order valence-corrected chi connectivity index (χ0v) is 10.7. The van der Waals surface area contributed by atoms with Crippen molar-refractivity contribution in [2.24, 2.45) is 17.8 Å². The summed E-state index contributed by atoms with van der Waals surface area (Å²) in [4.78, 5) is 0. The Labute approximate surface area is 108 Å². The molecular formula is C15H19ClO. The molecule has 1 N–H and O–H groups in total. The lowest BCUT2D eigenvalue weighted by molar-refractivity contribution is 0.140. The molecule has 0 aromatic heterocycles. The molecule has 1 aromatic rings. The molecule has 0 amide bonds. The first-order valence-corrected chi connectivity index (χ1v) is 7.06. The van der Waals surface area contributed by atoms with E-state index in [2.05, 4.69) is 0 Å². The summed E-state index contributed by atoms with van der Waals surface area (Å²) >= 11 is 5.86. The van der Waals surface area contributed by atoms with Crippen LogP contribution in [-0.4, -0.2) is 11.2 Å². The monoisotopic (exact) mass is 250 g/mol. The molecule has 1 nitrogen and oxygen atoms in total. The van der Waals surface area contributed by atoms with Crippen molar-refractivity contribution in [3.05, 3.63) is 34.9 Å². The molecule has 2 heteroatoms. The molecule has 2 aliphatic carbocycles. The number of fused-ring (bicyclic) bond motifs is 1. The maximum Gasteiger partial charge on any atom is 0.0614 e. The maximum atomic E-state index is 10.3. The predicted molar refractivity (Wildman–Crippen MR) is 70.1 cm³/mol. The number of hydrogen-bond donors (Lipinski definition) is 1. The van der Waals surface area contributed by atoms with E-state index < -0.39 is 0 Å². The summed E-state index contributed by atoms with van der Waals surface area (Å²) in [7, 11) is 0. The van der Waals surface area contributed by atoms with Crippen LogP contribution in [0.25, 0.3) is 0 Å². The molecule has 2 saturated carbocycles. The molecule has 0 bridgehead atoms. The Morgan fingerprint density at radius 2 is 1.71 bits per heavy atom. The molecule has 3 rings (SSSR count). The minimum absolute atomic E-state index is 0.149. The third-order valence-corrected chi connectivity index (χ3v) is 4.78. The second-order valence-corrected chi connectivity index (χ2v) is 6.02. The lowest BCUT2D eigenvalue weighted by Gasteiger charge is -2.10. The highest BCUT2D eigenvalue weighted by Gasteiger charge is 2.53. The Hall–Kier alpha value is -0.530. The van der Waals surface area contributed by atoms with E-state index in [1.54, 1.807) is 0 Å². The largest absolute Gasteiger partial charge is 0.392 e. The van der Waals surface area contributed by atoms with E-state index in [0.717, 1.165) is 23.3 Å². The molecular weight excluding hydrogens is 232 g/mol. The van der Waals surface area contributed by atoms with Gasteiger partial charge in [0.25, 0.3) is 0 Å². The molecule has 0 aliphatic heterocycles.